The topological polar surface area (TPSA) is 87.7 Å². The van der Waals surface area contributed by atoms with Crippen LogP contribution < -0.4 is 10.6 Å². The van der Waals surface area contributed by atoms with Gasteiger partial charge in [-0.25, -0.2) is 9.59 Å². The van der Waals surface area contributed by atoms with Crippen molar-refractivity contribution in [3.8, 4) is 0 Å². The van der Waals surface area contributed by atoms with Crippen LogP contribution in [0, 0.1) is 0 Å². The number of halogens is 1. The van der Waals surface area contributed by atoms with E-state index in [9.17, 15) is 9.59 Å². The summed E-state index contributed by atoms with van der Waals surface area (Å²) < 4.78 is 4.86. The molecule has 1 rings (SSSR count). The third-order valence-electron chi connectivity index (χ3n) is 2.79. The Morgan fingerprint density at radius 3 is 2.81 bits per heavy atom. The van der Waals surface area contributed by atoms with E-state index in [-0.39, 0.29) is 6.54 Å². The average molecular weight is 315 g/mol. The van der Waals surface area contributed by atoms with Crippen LogP contribution in [0.15, 0.2) is 24.3 Å². The average Bonchev–Trinajstić information content (AvgIpc) is 2.44. The second kappa shape index (κ2) is 9.20. The van der Waals surface area contributed by atoms with Crippen molar-refractivity contribution < 1.29 is 19.4 Å². The van der Waals surface area contributed by atoms with Crippen molar-refractivity contribution in [2.24, 2.45) is 0 Å². The van der Waals surface area contributed by atoms with Crippen LogP contribution in [0.1, 0.15) is 18.4 Å². The number of rotatable bonds is 8. The number of carbonyl (C=O) groups is 2. The molecular formula is C14H19ClN2O4. The van der Waals surface area contributed by atoms with Gasteiger partial charge in [-0.05, 0) is 30.5 Å². The molecule has 0 radical (unpaired) electrons. The molecule has 0 fully saturated rings. The van der Waals surface area contributed by atoms with E-state index in [1.165, 1.54) is 0 Å². The highest BCUT2D eigenvalue weighted by atomic mass is 35.5. The van der Waals surface area contributed by atoms with Gasteiger partial charge in [0.25, 0.3) is 0 Å². The summed E-state index contributed by atoms with van der Waals surface area (Å²) in [6, 6.07) is 5.61. The van der Waals surface area contributed by atoms with Crippen LogP contribution in [0.4, 0.5) is 4.79 Å². The maximum absolute atomic E-state index is 11.7. The van der Waals surface area contributed by atoms with Crippen molar-refractivity contribution in [1.29, 1.82) is 0 Å². The van der Waals surface area contributed by atoms with Crippen molar-refractivity contribution >= 4 is 23.6 Å². The van der Waals surface area contributed by atoms with Crippen molar-refractivity contribution in [1.82, 2.24) is 10.6 Å². The van der Waals surface area contributed by atoms with E-state index in [4.69, 9.17) is 21.4 Å². The lowest BCUT2D eigenvalue weighted by Gasteiger charge is -2.15. The summed E-state index contributed by atoms with van der Waals surface area (Å²) in [6.45, 7) is 0.729. The molecule has 0 spiro atoms. The molecule has 0 aliphatic heterocycles. The van der Waals surface area contributed by atoms with E-state index in [0.29, 0.717) is 24.5 Å². The van der Waals surface area contributed by atoms with E-state index >= 15 is 0 Å². The maximum atomic E-state index is 11.7. The minimum absolute atomic E-state index is 0.275. The van der Waals surface area contributed by atoms with Crippen LogP contribution in [0.3, 0.4) is 0 Å². The number of carbonyl (C=O) groups excluding carboxylic acids is 1. The quantitative estimate of drug-likeness (QED) is 0.641. The molecule has 21 heavy (non-hydrogen) atoms. The molecule has 6 nitrogen and oxygen atoms in total. The van der Waals surface area contributed by atoms with E-state index in [1.54, 1.807) is 25.3 Å². The Hall–Kier alpha value is -1.79. The zero-order chi connectivity index (χ0) is 15.7. The third kappa shape index (κ3) is 6.97. The van der Waals surface area contributed by atoms with Gasteiger partial charge < -0.3 is 20.5 Å². The second-order valence-corrected chi connectivity index (χ2v) is 4.92. The molecule has 0 aromatic heterocycles. The largest absolute Gasteiger partial charge is 0.480 e. The summed E-state index contributed by atoms with van der Waals surface area (Å²) >= 11 is 5.84. The molecule has 116 valence electrons. The number of nitrogens with one attached hydrogen (secondary N) is 2. The Morgan fingerprint density at radius 1 is 1.43 bits per heavy atom. The molecule has 0 heterocycles. The van der Waals surface area contributed by atoms with Gasteiger partial charge in [0.1, 0.15) is 6.04 Å². The lowest BCUT2D eigenvalue weighted by Crippen LogP contribution is -2.45. The number of carboxylic acids is 1. The molecule has 1 atom stereocenters. The molecule has 2 amide bonds. The lowest BCUT2D eigenvalue weighted by atomic mass is 10.1. The minimum atomic E-state index is -1.07. The van der Waals surface area contributed by atoms with Gasteiger partial charge in [-0.3, -0.25) is 0 Å². The van der Waals surface area contributed by atoms with Crippen LogP contribution in [0.5, 0.6) is 0 Å². The standard InChI is InChI=1S/C14H19ClN2O4/c1-21-7-3-6-12(13(18)19)17-14(20)16-9-10-4-2-5-11(15)8-10/h2,4-5,8,12H,3,6-7,9H2,1H3,(H,18,19)(H2,16,17,20). The predicted molar refractivity (Wildman–Crippen MR) is 79.4 cm³/mol. The number of amides is 2. The number of hydrogen-bond acceptors (Lipinski definition) is 3. The zero-order valence-electron chi connectivity index (χ0n) is 11.8. The maximum Gasteiger partial charge on any atom is 0.326 e. The van der Waals surface area contributed by atoms with Crippen LogP contribution in [0.25, 0.3) is 0 Å². The lowest BCUT2D eigenvalue weighted by molar-refractivity contribution is -0.139. The van der Waals surface area contributed by atoms with Crippen LogP contribution in [0.2, 0.25) is 5.02 Å². The van der Waals surface area contributed by atoms with Gasteiger partial charge in [0.05, 0.1) is 0 Å². The van der Waals surface area contributed by atoms with Gasteiger partial charge in [-0.15, -0.1) is 0 Å². The van der Waals surface area contributed by atoms with Crippen molar-refractivity contribution in [3.05, 3.63) is 34.9 Å². The molecule has 0 aliphatic carbocycles. The first-order chi connectivity index (χ1) is 10.0. The summed E-state index contributed by atoms with van der Waals surface area (Å²) in [7, 11) is 1.54. The van der Waals surface area contributed by atoms with Crippen molar-refractivity contribution in [2.75, 3.05) is 13.7 Å². The number of carboxylic acid groups (broad SMARTS) is 1. The van der Waals surface area contributed by atoms with E-state index < -0.39 is 18.0 Å². The third-order valence-corrected chi connectivity index (χ3v) is 3.02. The molecule has 1 unspecified atom stereocenters. The normalized spacial score (nSPS) is 11.7. The molecule has 3 N–H and O–H groups in total. The molecule has 0 aliphatic rings. The van der Waals surface area contributed by atoms with Crippen molar-refractivity contribution in [2.45, 2.75) is 25.4 Å². The highest BCUT2D eigenvalue weighted by Crippen LogP contribution is 2.10. The van der Waals surface area contributed by atoms with E-state index in [0.717, 1.165) is 5.56 Å². The summed E-state index contributed by atoms with van der Waals surface area (Å²) in [6.07, 6.45) is 0.871. The summed E-state index contributed by atoms with van der Waals surface area (Å²) in [5.41, 5.74) is 0.837. The minimum Gasteiger partial charge on any atom is -0.480 e. The van der Waals surface area contributed by atoms with Gasteiger partial charge in [-0.2, -0.15) is 0 Å². The molecular weight excluding hydrogens is 296 g/mol. The monoisotopic (exact) mass is 314 g/mol. The van der Waals surface area contributed by atoms with Gasteiger partial charge in [0.15, 0.2) is 0 Å². The van der Waals surface area contributed by atoms with E-state index in [2.05, 4.69) is 10.6 Å². The van der Waals surface area contributed by atoms with Crippen LogP contribution in [-0.4, -0.2) is 36.9 Å². The Morgan fingerprint density at radius 2 is 2.19 bits per heavy atom. The fourth-order valence-corrected chi connectivity index (χ4v) is 1.94. The molecule has 7 heteroatoms. The molecule has 1 aromatic rings. The van der Waals surface area contributed by atoms with Gasteiger partial charge in [0.2, 0.25) is 0 Å². The van der Waals surface area contributed by atoms with E-state index in [1.807, 2.05) is 6.07 Å². The first kappa shape index (κ1) is 17.3. The van der Waals surface area contributed by atoms with Crippen molar-refractivity contribution in [3.63, 3.8) is 0 Å². The highest BCUT2D eigenvalue weighted by molar-refractivity contribution is 6.30. The fraction of sp³-hybridized carbons (Fsp3) is 0.429. The zero-order valence-corrected chi connectivity index (χ0v) is 12.5. The van der Waals surface area contributed by atoms with Gasteiger partial charge >= 0.3 is 12.0 Å². The summed E-state index contributed by atoms with van der Waals surface area (Å²) in [4.78, 5) is 22.7. The smallest absolute Gasteiger partial charge is 0.326 e. The highest BCUT2D eigenvalue weighted by Gasteiger charge is 2.19. The first-order valence-electron chi connectivity index (χ1n) is 6.53. The molecule has 0 saturated heterocycles. The fourth-order valence-electron chi connectivity index (χ4n) is 1.73. The Labute approximate surface area is 128 Å². The van der Waals surface area contributed by atoms with Crippen LogP contribution in [-0.2, 0) is 16.1 Å². The molecule has 0 saturated carbocycles. The Balaban J connectivity index is 2.41. The number of hydrogen-bond donors (Lipinski definition) is 3. The number of methoxy groups -OCH3 is 1. The first-order valence-corrected chi connectivity index (χ1v) is 6.91. The number of ether oxygens (including phenoxy) is 1. The van der Waals surface area contributed by atoms with Gasteiger partial charge in [0, 0.05) is 25.3 Å². The summed E-state index contributed by atoms with van der Waals surface area (Å²) in [5.74, 6) is -1.07. The Bertz CT molecular complexity index is 482. The Kier molecular flexibility index (Phi) is 7.56. The van der Waals surface area contributed by atoms with Gasteiger partial charge in [-0.1, -0.05) is 23.7 Å². The SMILES string of the molecule is COCCCC(NC(=O)NCc1cccc(Cl)c1)C(=O)O. The van der Waals surface area contributed by atoms with Crippen LogP contribution >= 0.6 is 11.6 Å². The summed E-state index contributed by atoms with van der Waals surface area (Å²) in [5, 5.41) is 14.6. The molecule has 1 aromatic carbocycles. The predicted octanol–water partition coefficient (Wildman–Crippen LogP) is 2.02. The number of benzene rings is 1. The molecule has 0 bridgehead atoms. The number of aliphatic carboxylic acids is 1. The number of urea groups is 1. The second-order valence-electron chi connectivity index (χ2n) is 4.48.